The fourth-order valence-electron chi connectivity index (χ4n) is 2.46. The normalized spacial score (nSPS) is 18.4. The predicted octanol–water partition coefficient (Wildman–Crippen LogP) is 1.67. The number of aliphatic hydroxyl groups is 1. The van der Waals surface area contributed by atoms with Crippen molar-refractivity contribution in [1.82, 2.24) is 10.2 Å². The van der Waals surface area contributed by atoms with E-state index in [-0.39, 0.29) is 18.7 Å². The molecule has 1 aromatic carbocycles. The van der Waals surface area contributed by atoms with Crippen molar-refractivity contribution < 1.29 is 18.7 Å². The minimum atomic E-state index is -0.619. The number of benzene rings is 1. The Morgan fingerprint density at radius 1 is 1.35 bits per heavy atom. The van der Waals surface area contributed by atoms with Gasteiger partial charge in [-0.15, -0.1) is 0 Å². The van der Waals surface area contributed by atoms with Gasteiger partial charge in [0.15, 0.2) is 0 Å². The van der Waals surface area contributed by atoms with Crippen molar-refractivity contribution in [2.45, 2.75) is 25.3 Å². The van der Waals surface area contributed by atoms with Crippen LogP contribution in [0.1, 0.15) is 18.4 Å². The van der Waals surface area contributed by atoms with E-state index in [4.69, 9.17) is 5.11 Å². The average Bonchev–Trinajstić information content (AvgIpc) is 2.85. The van der Waals surface area contributed by atoms with Crippen LogP contribution in [0.3, 0.4) is 0 Å². The zero-order valence-corrected chi connectivity index (χ0v) is 11.1. The first-order valence-corrected chi connectivity index (χ1v) is 6.70. The maximum atomic E-state index is 13.0. The molecule has 6 heteroatoms. The summed E-state index contributed by atoms with van der Waals surface area (Å²) in [7, 11) is 0. The Hall–Kier alpha value is -1.69. The van der Waals surface area contributed by atoms with Gasteiger partial charge >= 0.3 is 6.03 Å². The standard InChI is InChI=1S/C14H18F2N2O2/c15-11-6-10(7-12(16)8-11)3-4-17-14(20)18-5-1-2-13(18)9-19/h6-8,13,19H,1-5,9H2,(H,17,20). The quantitative estimate of drug-likeness (QED) is 0.883. The summed E-state index contributed by atoms with van der Waals surface area (Å²) in [6.45, 7) is 0.893. The Labute approximate surface area is 116 Å². The van der Waals surface area contributed by atoms with Gasteiger partial charge in [0.25, 0.3) is 0 Å². The molecule has 0 spiro atoms. The molecule has 2 amide bonds. The van der Waals surface area contributed by atoms with Crippen molar-refractivity contribution in [2.24, 2.45) is 0 Å². The first-order valence-electron chi connectivity index (χ1n) is 6.70. The van der Waals surface area contributed by atoms with Gasteiger partial charge in [-0.25, -0.2) is 13.6 Å². The lowest BCUT2D eigenvalue weighted by Gasteiger charge is -2.23. The Balaban J connectivity index is 1.82. The summed E-state index contributed by atoms with van der Waals surface area (Å²) >= 11 is 0. The lowest BCUT2D eigenvalue weighted by molar-refractivity contribution is 0.157. The second-order valence-corrected chi connectivity index (χ2v) is 4.93. The molecule has 1 unspecified atom stereocenters. The van der Waals surface area contributed by atoms with Gasteiger partial charge in [0.1, 0.15) is 11.6 Å². The minimum absolute atomic E-state index is 0.0392. The summed E-state index contributed by atoms with van der Waals surface area (Å²) in [5, 5.41) is 11.9. The summed E-state index contributed by atoms with van der Waals surface area (Å²) in [5.74, 6) is -1.24. The average molecular weight is 284 g/mol. The van der Waals surface area contributed by atoms with Crippen molar-refractivity contribution in [2.75, 3.05) is 19.7 Å². The Bertz CT molecular complexity index is 462. The molecule has 0 aromatic heterocycles. The SMILES string of the molecule is O=C(NCCc1cc(F)cc(F)c1)N1CCCC1CO. The van der Waals surface area contributed by atoms with Gasteiger partial charge in [0.05, 0.1) is 12.6 Å². The van der Waals surface area contributed by atoms with Gasteiger partial charge in [-0.1, -0.05) is 0 Å². The zero-order chi connectivity index (χ0) is 14.5. The number of nitrogens with zero attached hydrogens (tertiary/aromatic N) is 1. The predicted molar refractivity (Wildman–Crippen MR) is 70.3 cm³/mol. The van der Waals surface area contributed by atoms with Crippen LogP contribution in [0.15, 0.2) is 18.2 Å². The summed E-state index contributed by atoms with van der Waals surface area (Å²) in [5.41, 5.74) is 0.503. The number of likely N-dealkylation sites (tertiary alicyclic amines) is 1. The molecule has 1 aliphatic heterocycles. The molecular weight excluding hydrogens is 266 g/mol. The number of amides is 2. The Kier molecular flexibility index (Phi) is 4.89. The van der Waals surface area contributed by atoms with Gasteiger partial charge in [-0.2, -0.15) is 0 Å². The summed E-state index contributed by atoms with van der Waals surface area (Å²) in [6, 6.07) is 2.96. The molecule has 1 aromatic rings. The number of halogens is 2. The highest BCUT2D eigenvalue weighted by Crippen LogP contribution is 2.16. The van der Waals surface area contributed by atoms with E-state index in [1.807, 2.05) is 0 Å². The van der Waals surface area contributed by atoms with E-state index in [0.717, 1.165) is 18.9 Å². The molecule has 1 heterocycles. The first-order chi connectivity index (χ1) is 9.60. The molecule has 1 aliphatic rings. The molecule has 0 radical (unpaired) electrons. The zero-order valence-electron chi connectivity index (χ0n) is 11.1. The lowest BCUT2D eigenvalue weighted by Crippen LogP contribution is -2.44. The van der Waals surface area contributed by atoms with Crippen LogP contribution >= 0.6 is 0 Å². The fourth-order valence-corrected chi connectivity index (χ4v) is 2.46. The third kappa shape index (κ3) is 3.66. The largest absolute Gasteiger partial charge is 0.394 e. The number of nitrogens with one attached hydrogen (secondary N) is 1. The number of aliphatic hydroxyl groups excluding tert-OH is 1. The van der Waals surface area contributed by atoms with Crippen molar-refractivity contribution in [3.05, 3.63) is 35.4 Å². The monoisotopic (exact) mass is 284 g/mol. The molecule has 0 saturated carbocycles. The molecule has 0 aliphatic carbocycles. The van der Waals surface area contributed by atoms with Gasteiger partial charge in [0, 0.05) is 19.2 Å². The van der Waals surface area contributed by atoms with Crippen LogP contribution in [-0.2, 0) is 6.42 Å². The number of rotatable bonds is 4. The molecule has 2 N–H and O–H groups in total. The van der Waals surface area contributed by atoms with Crippen LogP contribution in [0.25, 0.3) is 0 Å². The molecule has 1 atom stereocenters. The van der Waals surface area contributed by atoms with E-state index in [9.17, 15) is 13.6 Å². The second-order valence-electron chi connectivity index (χ2n) is 4.93. The Morgan fingerprint density at radius 2 is 2.05 bits per heavy atom. The number of carbonyl (C=O) groups is 1. The molecule has 110 valence electrons. The van der Waals surface area contributed by atoms with Crippen molar-refractivity contribution >= 4 is 6.03 Å². The van der Waals surface area contributed by atoms with Crippen LogP contribution in [0.4, 0.5) is 13.6 Å². The van der Waals surface area contributed by atoms with Crippen molar-refractivity contribution in [1.29, 1.82) is 0 Å². The lowest BCUT2D eigenvalue weighted by atomic mass is 10.1. The summed E-state index contributed by atoms with van der Waals surface area (Å²) in [6.07, 6.45) is 2.05. The minimum Gasteiger partial charge on any atom is -0.394 e. The summed E-state index contributed by atoms with van der Waals surface area (Å²) < 4.78 is 26.0. The van der Waals surface area contributed by atoms with Crippen LogP contribution in [0.2, 0.25) is 0 Å². The van der Waals surface area contributed by atoms with Crippen LogP contribution in [-0.4, -0.2) is 41.8 Å². The van der Waals surface area contributed by atoms with Crippen molar-refractivity contribution in [3.63, 3.8) is 0 Å². The molecule has 2 rings (SSSR count). The molecular formula is C14H18F2N2O2. The maximum absolute atomic E-state index is 13.0. The highest BCUT2D eigenvalue weighted by molar-refractivity contribution is 5.74. The van der Waals surface area contributed by atoms with Crippen LogP contribution < -0.4 is 5.32 Å². The van der Waals surface area contributed by atoms with Crippen LogP contribution in [0, 0.1) is 11.6 Å². The van der Waals surface area contributed by atoms with Crippen LogP contribution in [0.5, 0.6) is 0 Å². The summed E-state index contributed by atoms with van der Waals surface area (Å²) in [4.78, 5) is 13.5. The second kappa shape index (κ2) is 6.65. The smallest absolute Gasteiger partial charge is 0.317 e. The number of hydrogen-bond donors (Lipinski definition) is 2. The molecule has 1 saturated heterocycles. The highest BCUT2D eigenvalue weighted by Gasteiger charge is 2.27. The highest BCUT2D eigenvalue weighted by atomic mass is 19.1. The van der Waals surface area contributed by atoms with E-state index in [1.165, 1.54) is 12.1 Å². The van der Waals surface area contributed by atoms with E-state index in [0.29, 0.717) is 25.1 Å². The van der Waals surface area contributed by atoms with Gasteiger partial charge in [-0.05, 0) is 37.0 Å². The van der Waals surface area contributed by atoms with Gasteiger partial charge in [-0.3, -0.25) is 0 Å². The fraction of sp³-hybridized carbons (Fsp3) is 0.500. The molecule has 20 heavy (non-hydrogen) atoms. The third-order valence-electron chi connectivity index (χ3n) is 3.46. The molecule has 1 fully saturated rings. The van der Waals surface area contributed by atoms with Gasteiger partial charge < -0.3 is 15.3 Å². The topological polar surface area (TPSA) is 52.6 Å². The third-order valence-corrected chi connectivity index (χ3v) is 3.46. The van der Waals surface area contributed by atoms with E-state index < -0.39 is 11.6 Å². The number of hydrogen-bond acceptors (Lipinski definition) is 2. The molecule has 4 nitrogen and oxygen atoms in total. The van der Waals surface area contributed by atoms with E-state index in [1.54, 1.807) is 4.90 Å². The van der Waals surface area contributed by atoms with Gasteiger partial charge in [0.2, 0.25) is 0 Å². The van der Waals surface area contributed by atoms with E-state index >= 15 is 0 Å². The van der Waals surface area contributed by atoms with Crippen molar-refractivity contribution in [3.8, 4) is 0 Å². The first kappa shape index (κ1) is 14.7. The van der Waals surface area contributed by atoms with E-state index in [2.05, 4.69) is 5.32 Å². The maximum Gasteiger partial charge on any atom is 0.317 e. The number of carbonyl (C=O) groups excluding carboxylic acids is 1. The number of urea groups is 1. The Morgan fingerprint density at radius 3 is 2.70 bits per heavy atom. The molecule has 0 bridgehead atoms.